The zero-order chi connectivity index (χ0) is 20.4. The number of hydrogen-bond acceptors (Lipinski definition) is 3. The summed E-state index contributed by atoms with van der Waals surface area (Å²) in [7, 11) is 0. The summed E-state index contributed by atoms with van der Waals surface area (Å²) in [6, 6.07) is 12.8. The molecule has 4 aromatic rings. The molecule has 0 atom stereocenters. The minimum Gasteiger partial charge on any atom is -0.371 e. The number of pyridine rings is 1. The maximum atomic E-state index is 12.1. The molecule has 0 bridgehead atoms. The van der Waals surface area contributed by atoms with E-state index < -0.39 is 0 Å². The van der Waals surface area contributed by atoms with Crippen molar-refractivity contribution < 1.29 is 0 Å². The largest absolute Gasteiger partial charge is 0.371 e. The number of halogens is 2. The van der Waals surface area contributed by atoms with Crippen LogP contribution in [0.4, 0.5) is 5.82 Å². The molecular weight excluding hydrogens is 407 g/mol. The molecule has 150 valence electrons. The molecule has 2 heterocycles. The zero-order valence-electron chi connectivity index (χ0n) is 16.0. The molecule has 2 aromatic heterocycles. The van der Waals surface area contributed by atoms with Gasteiger partial charge in [-0.2, -0.15) is 0 Å². The van der Waals surface area contributed by atoms with E-state index >= 15 is 0 Å². The van der Waals surface area contributed by atoms with Crippen LogP contribution in [-0.4, -0.2) is 23.1 Å². The Morgan fingerprint density at radius 3 is 2.69 bits per heavy atom. The molecule has 4 rings (SSSR count). The predicted octanol–water partition coefficient (Wildman–Crippen LogP) is 5.22. The van der Waals surface area contributed by atoms with Crippen LogP contribution in [0.15, 0.2) is 47.3 Å². The lowest BCUT2D eigenvalue weighted by atomic mass is 10.1. The number of benzene rings is 2. The molecule has 0 aliphatic rings. The van der Waals surface area contributed by atoms with E-state index in [1.54, 1.807) is 12.1 Å². The van der Waals surface area contributed by atoms with Gasteiger partial charge in [-0.3, -0.25) is 4.79 Å². The lowest BCUT2D eigenvalue weighted by Crippen LogP contribution is -2.19. The van der Waals surface area contributed by atoms with Crippen molar-refractivity contribution in [3.63, 3.8) is 0 Å². The van der Waals surface area contributed by atoms with Crippen LogP contribution >= 0.6 is 23.2 Å². The topological polar surface area (TPSA) is 72.7 Å². The Kier molecular flexibility index (Phi) is 5.81. The number of aryl methyl sites for hydroxylation is 1. The minimum atomic E-state index is 0.0213. The SMILES string of the molecule is Cc1c(CNCCCNc2cc(=O)c3ccccc3[nH]2)[nH]c2cc(Cl)cc(Cl)c12. The highest BCUT2D eigenvalue weighted by Gasteiger charge is 2.11. The third-order valence-electron chi connectivity index (χ3n) is 5.05. The van der Waals surface area contributed by atoms with Crippen LogP contribution in [0.2, 0.25) is 10.0 Å². The number of hydrogen-bond donors (Lipinski definition) is 4. The first-order valence-electron chi connectivity index (χ1n) is 9.56. The van der Waals surface area contributed by atoms with Crippen molar-refractivity contribution in [2.45, 2.75) is 19.9 Å². The van der Waals surface area contributed by atoms with Crippen LogP contribution in [0.25, 0.3) is 21.8 Å². The van der Waals surface area contributed by atoms with Crippen LogP contribution < -0.4 is 16.1 Å². The van der Waals surface area contributed by atoms with Crippen molar-refractivity contribution in [3.8, 4) is 0 Å². The number of nitrogens with one attached hydrogen (secondary N) is 4. The number of rotatable bonds is 7. The highest BCUT2D eigenvalue weighted by molar-refractivity contribution is 6.38. The van der Waals surface area contributed by atoms with Crippen LogP contribution in [-0.2, 0) is 6.54 Å². The smallest absolute Gasteiger partial charge is 0.191 e. The molecular formula is C22H22Cl2N4O. The van der Waals surface area contributed by atoms with E-state index in [1.165, 1.54) is 0 Å². The molecule has 29 heavy (non-hydrogen) atoms. The Bertz CT molecular complexity index is 1230. The van der Waals surface area contributed by atoms with Gasteiger partial charge >= 0.3 is 0 Å². The summed E-state index contributed by atoms with van der Waals surface area (Å²) in [6.07, 6.45) is 0.917. The third-order valence-corrected chi connectivity index (χ3v) is 5.57. The lowest BCUT2D eigenvalue weighted by molar-refractivity contribution is 0.654. The maximum Gasteiger partial charge on any atom is 0.191 e. The number of fused-ring (bicyclic) bond motifs is 2. The fourth-order valence-electron chi connectivity index (χ4n) is 3.58. The van der Waals surface area contributed by atoms with E-state index in [4.69, 9.17) is 23.2 Å². The van der Waals surface area contributed by atoms with Crippen LogP contribution in [0, 0.1) is 6.92 Å². The van der Waals surface area contributed by atoms with Gasteiger partial charge in [-0.25, -0.2) is 0 Å². The fraction of sp³-hybridized carbons (Fsp3) is 0.227. The summed E-state index contributed by atoms with van der Waals surface area (Å²) in [5.41, 5.74) is 4.07. The highest BCUT2D eigenvalue weighted by atomic mass is 35.5. The van der Waals surface area contributed by atoms with Crippen LogP contribution in [0.3, 0.4) is 0 Å². The molecule has 0 saturated carbocycles. The number of para-hydroxylation sites is 1. The van der Waals surface area contributed by atoms with Gasteiger partial charge in [0.2, 0.25) is 0 Å². The molecule has 4 N–H and O–H groups in total. The molecule has 7 heteroatoms. The number of anilines is 1. The van der Waals surface area contributed by atoms with Gasteiger partial charge in [0.15, 0.2) is 5.43 Å². The molecule has 0 spiro atoms. The molecule has 0 amide bonds. The number of aromatic nitrogens is 2. The second-order valence-corrected chi connectivity index (χ2v) is 7.93. The van der Waals surface area contributed by atoms with Crippen molar-refractivity contribution in [1.29, 1.82) is 0 Å². The molecule has 2 aromatic carbocycles. The third kappa shape index (κ3) is 4.27. The average Bonchev–Trinajstić information content (AvgIpc) is 3.00. The van der Waals surface area contributed by atoms with E-state index in [9.17, 15) is 4.79 Å². The van der Waals surface area contributed by atoms with Gasteiger partial charge in [0.05, 0.1) is 10.5 Å². The summed E-state index contributed by atoms with van der Waals surface area (Å²) in [5, 5.41) is 9.75. The molecule has 0 aliphatic carbocycles. The summed E-state index contributed by atoms with van der Waals surface area (Å²) in [4.78, 5) is 18.8. The maximum absolute atomic E-state index is 12.1. The lowest BCUT2D eigenvalue weighted by Gasteiger charge is -2.08. The summed E-state index contributed by atoms with van der Waals surface area (Å²) < 4.78 is 0. The van der Waals surface area contributed by atoms with E-state index in [1.807, 2.05) is 30.3 Å². The van der Waals surface area contributed by atoms with Crippen LogP contribution in [0.5, 0.6) is 0 Å². The molecule has 0 fully saturated rings. The number of H-pyrrole nitrogens is 2. The van der Waals surface area contributed by atoms with Gasteiger partial charge in [-0.05, 0) is 49.7 Å². The van der Waals surface area contributed by atoms with E-state index in [0.29, 0.717) is 15.4 Å². The molecule has 0 unspecified atom stereocenters. The quantitative estimate of drug-likeness (QED) is 0.305. The molecule has 0 aliphatic heterocycles. The molecule has 0 radical (unpaired) electrons. The highest BCUT2D eigenvalue weighted by Crippen LogP contribution is 2.31. The van der Waals surface area contributed by atoms with Crippen molar-refractivity contribution >= 4 is 50.8 Å². The fourth-order valence-corrected chi connectivity index (χ4v) is 4.21. The van der Waals surface area contributed by atoms with Crippen LogP contribution in [0.1, 0.15) is 17.7 Å². The van der Waals surface area contributed by atoms with Crippen molar-refractivity contribution in [2.24, 2.45) is 0 Å². The first-order chi connectivity index (χ1) is 14.0. The van der Waals surface area contributed by atoms with Crippen molar-refractivity contribution in [2.75, 3.05) is 18.4 Å². The first-order valence-corrected chi connectivity index (χ1v) is 10.3. The molecule has 0 saturated heterocycles. The summed E-state index contributed by atoms with van der Waals surface area (Å²) in [5.74, 6) is 0.742. The van der Waals surface area contributed by atoms with Gasteiger partial charge in [0.25, 0.3) is 0 Å². The Morgan fingerprint density at radius 2 is 1.83 bits per heavy atom. The average molecular weight is 429 g/mol. The minimum absolute atomic E-state index is 0.0213. The standard InChI is InChI=1S/C22H22Cl2N4O/c1-13-19(27-18-10-14(23)9-16(24)22(13)18)12-25-7-4-8-26-21-11-20(29)15-5-2-3-6-17(15)28-21/h2-3,5-6,9-11,25,27H,4,7-8,12H2,1H3,(H2,26,28,29). The summed E-state index contributed by atoms with van der Waals surface area (Å²) in [6.45, 7) is 4.39. The zero-order valence-corrected chi connectivity index (χ0v) is 17.5. The normalized spacial score (nSPS) is 11.4. The Labute approximate surface area is 178 Å². The van der Waals surface area contributed by atoms with Crippen molar-refractivity contribution in [3.05, 3.63) is 74.0 Å². The van der Waals surface area contributed by atoms with Gasteiger partial charge in [-0.1, -0.05) is 35.3 Å². The monoisotopic (exact) mass is 428 g/mol. The second kappa shape index (κ2) is 8.49. The van der Waals surface area contributed by atoms with Gasteiger partial charge in [-0.15, -0.1) is 0 Å². The predicted molar refractivity (Wildman–Crippen MR) is 122 cm³/mol. The van der Waals surface area contributed by atoms with E-state index in [2.05, 4.69) is 27.5 Å². The Balaban J connectivity index is 1.30. The van der Waals surface area contributed by atoms with Gasteiger partial charge in [0.1, 0.15) is 5.82 Å². The second-order valence-electron chi connectivity index (χ2n) is 7.09. The van der Waals surface area contributed by atoms with E-state index in [-0.39, 0.29) is 5.43 Å². The van der Waals surface area contributed by atoms with Gasteiger partial charge < -0.3 is 20.6 Å². The Morgan fingerprint density at radius 1 is 1.00 bits per heavy atom. The number of aromatic amines is 2. The summed E-state index contributed by atoms with van der Waals surface area (Å²) >= 11 is 12.4. The van der Waals surface area contributed by atoms with Gasteiger partial charge in [0, 0.05) is 46.2 Å². The molecule has 5 nitrogen and oxygen atoms in total. The first kappa shape index (κ1) is 19.8. The Hall–Kier alpha value is -2.47. The van der Waals surface area contributed by atoms with E-state index in [0.717, 1.165) is 59.5 Å². The van der Waals surface area contributed by atoms with Crippen molar-refractivity contribution in [1.82, 2.24) is 15.3 Å².